The summed E-state index contributed by atoms with van der Waals surface area (Å²) in [7, 11) is 2.00. The smallest absolute Gasteiger partial charge is 0.138 e. The Labute approximate surface area is 148 Å². The number of rotatable bonds is 4. The molecule has 0 bridgehead atoms. The van der Waals surface area contributed by atoms with Gasteiger partial charge in [-0.2, -0.15) is 5.10 Å². The molecule has 1 aliphatic heterocycles. The molecule has 0 spiro atoms. The Morgan fingerprint density at radius 1 is 1.24 bits per heavy atom. The van der Waals surface area contributed by atoms with Crippen LogP contribution in [0.2, 0.25) is 0 Å². The van der Waals surface area contributed by atoms with Crippen LogP contribution in [0.4, 0.5) is 0 Å². The van der Waals surface area contributed by atoms with E-state index in [1.165, 1.54) is 17.7 Å². The van der Waals surface area contributed by atoms with Crippen LogP contribution >= 0.6 is 0 Å². The van der Waals surface area contributed by atoms with Gasteiger partial charge in [-0.3, -0.25) is 14.1 Å². The first kappa shape index (κ1) is 16.0. The Kier molecular flexibility index (Phi) is 4.13. The molecule has 0 amide bonds. The third-order valence-electron chi connectivity index (χ3n) is 5.24. The fourth-order valence-electron chi connectivity index (χ4n) is 3.65. The number of aryl methyl sites for hydroxylation is 2. The van der Waals surface area contributed by atoms with Crippen molar-refractivity contribution in [1.82, 2.24) is 29.2 Å². The third-order valence-corrected chi connectivity index (χ3v) is 5.24. The molecule has 0 N–H and O–H groups in total. The van der Waals surface area contributed by atoms with Gasteiger partial charge in [0.1, 0.15) is 11.6 Å². The lowest BCUT2D eigenvalue weighted by molar-refractivity contribution is 0.244. The lowest BCUT2D eigenvalue weighted by Gasteiger charge is -2.24. The monoisotopic (exact) mass is 336 g/mol. The molecule has 130 valence electrons. The first-order valence-corrected chi connectivity index (χ1v) is 8.82. The number of nitrogens with zero attached hydrogens (tertiary/aromatic N) is 6. The maximum atomic E-state index is 4.94. The second kappa shape index (κ2) is 6.44. The standard InChI is InChI=1S/C19H24N6/c1-14-16(12-21-23(14)3)13-24-10-5-7-18(24)17-6-4-8-19(22-17)25-11-9-20-15(25)2/h4,6,8-9,11-12,18H,5,7,10,13H2,1-3H3/t18-/m0/s1. The topological polar surface area (TPSA) is 51.8 Å². The quantitative estimate of drug-likeness (QED) is 0.735. The Bertz CT molecular complexity index is 878. The molecule has 3 aromatic rings. The van der Waals surface area contributed by atoms with Crippen LogP contribution in [0.1, 0.15) is 41.7 Å². The van der Waals surface area contributed by atoms with Gasteiger partial charge in [0.15, 0.2) is 0 Å². The minimum atomic E-state index is 0.364. The van der Waals surface area contributed by atoms with E-state index in [0.717, 1.165) is 36.8 Å². The van der Waals surface area contributed by atoms with Crippen LogP contribution in [0.25, 0.3) is 5.82 Å². The molecule has 1 aliphatic rings. The lowest BCUT2D eigenvalue weighted by Crippen LogP contribution is -2.24. The molecular weight excluding hydrogens is 312 g/mol. The molecule has 0 unspecified atom stereocenters. The van der Waals surface area contributed by atoms with Gasteiger partial charge >= 0.3 is 0 Å². The van der Waals surface area contributed by atoms with Crippen molar-refractivity contribution in [3.8, 4) is 5.82 Å². The fourth-order valence-corrected chi connectivity index (χ4v) is 3.65. The molecule has 1 atom stereocenters. The van der Waals surface area contributed by atoms with E-state index in [2.05, 4.69) is 34.0 Å². The summed E-state index contributed by atoms with van der Waals surface area (Å²) in [5.74, 6) is 1.90. The molecule has 0 aliphatic carbocycles. The van der Waals surface area contributed by atoms with Crippen molar-refractivity contribution in [1.29, 1.82) is 0 Å². The summed E-state index contributed by atoms with van der Waals surface area (Å²) in [5, 5.41) is 4.38. The van der Waals surface area contributed by atoms with Gasteiger partial charge in [0.2, 0.25) is 0 Å². The minimum absolute atomic E-state index is 0.364. The fraction of sp³-hybridized carbons (Fsp3) is 0.421. The lowest BCUT2D eigenvalue weighted by atomic mass is 10.1. The number of imidazole rings is 1. The molecule has 0 aromatic carbocycles. The van der Waals surface area contributed by atoms with Crippen LogP contribution in [0.3, 0.4) is 0 Å². The Morgan fingerprint density at radius 2 is 2.12 bits per heavy atom. The van der Waals surface area contributed by atoms with Crippen LogP contribution in [-0.2, 0) is 13.6 Å². The molecule has 4 rings (SSSR count). The van der Waals surface area contributed by atoms with Crippen molar-refractivity contribution < 1.29 is 0 Å². The van der Waals surface area contributed by atoms with Crippen molar-refractivity contribution >= 4 is 0 Å². The molecule has 1 saturated heterocycles. The van der Waals surface area contributed by atoms with Gasteiger partial charge in [0.25, 0.3) is 0 Å². The molecular formula is C19H24N6. The zero-order valence-electron chi connectivity index (χ0n) is 15.1. The van der Waals surface area contributed by atoms with E-state index >= 15 is 0 Å². The summed E-state index contributed by atoms with van der Waals surface area (Å²) in [6.07, 6.45) is 8.13. The number of likely N-dealkylation sites (tertiary alicyclic amines) is 1. The van der Waals surface area contributed by atoms with Crippen LogP contribution < -0.4 is 0 Å². The Balaban J connectivity index is 1.60. The highest BCUT2D eigenvalue weighted by Crippen LogP contribution is 2.32. The van der Waals surface area contributed by atoms with Gasteiger partial charge in [-0.1, -0.05) is 6.07 Å². The number of pyridine rings is 1. The molecule has 3 aromatic heterocycles. The van der Waals surface area contributed by atoms with Crippen LogP contribution in [0, 0.1) is 13.8 Å². The van der Waals surface area contributed by atoms with Crippen molar-refractivity contribution in [2.45, 2.75) is 39.3 Å². The van der Waals surface area contributed by atoms with Gasteiger partial charge in [-0.05, 0) is 45.4 Å². The van der Waals surface area contributed by atoms with Crippen LogP contribution in [-0.4, -0.2) is 35.8 Å². The van der Waals surface area contributed by atoms with Gasteiger partial charge in [-0.15, -0.1) is 0 Å². The average Bonchev–Trinajstić information content (AvgIpc) is 3.32. The van der Waals surface area contributed by atoms with E-state index in [0.29, 0.717) is 6.04 Å². The second-order valence-electron chi connectivity index (χ2n) is 6.77. The first-order valence-electron chi connectivity index (χ1n) is 8.82. The maximum Gasteiger partial charge on any atom is 0.138 e. The number of hydrogen-bond acceptors (Lipinski definition) is 4. The highest BCUT2D eigenvalue weighted by Gasteiger charge is 2.28. The third kappa shape index (κ3) is 2.98. The molecule has 1 fully saturated rings. The molecule has 6 heteroatoms. The van der Waals surface area contributed by atoms with E-state index in [4.69, 9.17) is 4.98 Å². The van der Waals surface area contributed by atoms with Crippen molar-refractivity contribution in [3.63, 3.8) is 0 Å². The second-order valence-corrected chi connectivity index (χ2v) is 6.77. The van der Waals surface area contributed by atoms with Gasteiger partial charge < -0.3 is 0 Å². The molecule has 6 nitrogen and oxygen atoms in total. The van der Waals surface area contributed by atoms with Crippen molar-refractivity contribution in [3.05, 3.63) is 59.6 Å². The molecule has 4 heterocycles. The normalized spacial score (nSPS) is 18.1. The summed E-state index contributed by atoms with van der Waals surface area (Å²) in [6.45, 7) is 6.17. The Hall–Kier alpha value is -2.47. The average molecular weight is 336 g/mol. The highest BCUT2D eigenvalue weighted by molar-refractivity contribution is 5.28. The van der Waals surface area contributed by atoms with Crippen LogP contribution in [0.15, 0.2) is 36.8 Å². The van der Waals surface area contributed by atoms with Crippen molar-refractivity contribution in [2.24, 2.45) is 7.05 Å². The predicted octanol–water partition coefficient (Wildman–Crippen LogP) is 2.95. The summed E-state index contributed by atoms with van der Waals surface area (Å²) >= 11 is 0. The van der Waals surface area contributed by atoms with Gasteiger partial charge in [-0.25, -0.2) is 9.97 Å². The van der Waals surface area contributed by atoms with Gasteiger partial charge in [0.05, 0.1) is 17.9 Å². The van der Waals surface area contributed by atoms with E-state index in [1.54, 1.807) is 0 Å². The van der Waals surface area contributed by atoms with Crippen LogP contribution in [0.5, 0.6) is 0 Å². The summed E-state index contributed by atoms with van der Waals surface area (Å²) in [4.78, 5) is 11.8. The summed E-state index contributed by atoms with van der Waals surface area (Å²) in [6, 6.07) is 6.66. The number of aromatic nitrogens is 5. The first-order chi connectivity index (χ1) is 12.1. The highest BCUT2D eigenvalue weighted by atomic mass is 15.3. The zero-order chi connectivity index (χ0) is 17.4. The largest absolute Gasteiger partial charge is 0.290 e. The van der Waals surface area contributed by atoms with E-state index in [-0.39, 0.29) is 0 Å². The van der Waals surface area contributed by atoms with Crippen molar-refractivity contribution in [2.75, 3.05) is 6.54 Å². The maximum absolute atomic E-state index is 4.94. The zero-order valence-corrected chi connectivity index (χ0v) is 15.1. The van der Waals surface area contributed by atoms with Gasteiger partial charge in [0, 0.05) is 37.2 Å². The summed E-state index contributed by atoms with van der Waals surface area (Å²) < 4.78 is 3.98. The van der Waals surface area contributed by atoms with E-state index < -0.39 is 0 Å². The molecule has 25 heavy (non-hydrogen) atoms. The number of hydrogen-bond donors (Lipinski definition) is 0. The minimum Gasteiger partial charge on any atom is -0.290 e. The molecule has 0 radical (unpaired) electrons. The summed E-state index contributed by atoms with van der Waals surface area (Å²) in [5.41, 5.74) is 3.68. The Morgan fingerprint density at radius 3 is 2.84 bits per heavy atom. The van der Waals surface area contributed by atoms with E-state index in [9.17, 15) is 0 Å². The molecule has 0 saturated carbocycles. The predicted molar refractivity (Wildman–Crippen MR) is 96.4 cm³/mol. The SMILES string of the molecule is Cc1nccn1-c1cccc([C@@H]2CCCN2Cc2cnn(C)c2C)n1. The van der Waals surface area contributed by atoms with E-state index in [1.807, 2.05) is 47.9 Å².